The normalized spacial score (nSPS) is 19.9. The lowest BCUT2D eigenvalue weighted by Gasteiger charge is -2.28. The molecule has 0 saturated carbocycles. The Kier molecular flexibility index (Phi) is 4.62. The van der Waals surface area contributed by atoms with E-state index in [4.69, 9.17) is 14.7 Å². The minimum atomic E-state index is 0.285. The van der Waals surface area contributed by atoms with Gasteiger partial charge in [0.25, 0.3) is 0 Å². The van der Waals surface area contributed by atoms with Gasteiger partial charge in [-0.25, -0.2) is 9.97 Å². The molecule has 4 heterocycles. The molecular formula is C20H23N7O. The fourth-order valence-corrected chi connectivity index (χ4v) is 3.76. The lowest BCUT2D eigenvalue weighted by Crippen LogP contribution is -2.37. The smallest absolute Gasteiger partial charge is 0.224 e. The van der Waals surface area contributed by atoms with E-state index in [9.17, 15) is 0 Å². The van der Waals surface area contributed by atoms with E-state index in [1.165, 1.54) is 0 Å². The first-order valence-corrected chi connectivity index (χ1v) is 9.74. The zero-order valence-electron chi connectivity index (χ0n) is 15.7. The maximum atomic E-state index is 5.42. The number of rotatable bonds is 4. The van der Waals surface area contributed by atoms with E-state index in [-0.39, 0.29) is 6.04 Å². The second-order valence-corrected chi connectivity index (χ2v) is 7.13. The summed E-state index contributed by atoms with van der Waals surface area (Å²) in [5.41, 5.74) is 1.85. The van der Waals surface area contributed by atoms with Crippen LogP contribution >= 0.6 is 0 Å². The van der Waals surface area contributed by atoms with Crippen LogP contribution in [-0.4, -0.2) is 65.4 Å². The monoisotopic (exact) mass is 377 g/mol. The average Bonchev–Trinajstić information content (AvgIpc) is 3.23. The summed E-state index contributed by atoms with van der Waals surface area (Å²) in [6.07, 6.45) is 4.70. The Bertz CT molecular complexity index is 960. The van der Waals surface area contributed by atoms with Gasteiger partial charge in [-0.3, -0.25) is 4.98 Å². The van der Waals surface area contributed by atoms with Gasteiger partial charge in [0.1, 0.15) is 11.6 Å². The van der Waals surface area contributed by atoms with Crippen LogP contribution in [0.3, 0.4) is 0 Å². The minimum absolute atomic E-state index is 0.285. The van der Waals surface area contributed by atoms with Crippen molar-refractivity contribution in [2.45, 2.75) is 12.5 Å². The molecule has 8 nitrogen and oxygen atoms in total. The van der Waals surface area contributed by atoms with Crippen LogP contribution in [0.25, 0.3) is 11.0 Å². The van der Waals surface area contributed by atoms with Crippen molar-refractivity contribution in [3.8, 4) is 0 Å². The minimum Gasteiger partial charge on any atom is -0.378 e. The van der Waals surface area contributed by atoms with E-state index < -0.39 is 0 Å². The Balaban J connectivity index is 1.26. The third-order valence-corrected chi connectivity index (χ3v) is 5.26. The molecule has 8 heteroatoms. The third kappa shape index (κ3) is 3.55. The average molecular weight is 377 g/mol. The van der Waals surface area contributed by atoms with Gasteiger partial charge < -0.3 is 19.9 Å². The first-order valence-electron chi connectivity index (χ1n) is 9.74. The van der Waals surface area contributed by atoms with Gasteiger partial charge in [0.05, 0.1) is 30.4 Å². The highest BCUT2D eigenvalue weighted by Gasteiger charge is 2.25. The summed E-state index contributed by atoms with van der Waals surface area (Å²) in [7, 11) is 0. The molecule has 28 heavy (non-hydrogen) atoms. The van der Waals surface area contributed by atoms with Crippen molar-refractivity contribution in [3.05, 3.63) is 42.7 Å². The molecule has 2 aliphatic rings. The second kappa shape index (κ2) is 7.55. The molecule has 0 radical (unpaired) electrons. The highest BCUT2D eigenvalue weighted by atomic mass is 16.5. The molecule has 5 rings (SSSR count). The van der Waals surface area contributed by atoms with Crippen LogP contribution < -0.4 is 15.1 Å². The number of anilines is 3. The van der Waals surface area contributed by atoms with Crippen molar-refractivity contribution in [3.63, 3.8) is 0 Å². The number of para-hydroxylation sites is 2. The molecule has 2 aromatic heterocycles. The zero-order chi connectivity index (χ0) is 18.8. The Morgan fingerprint density at radius 1 is 0.893 bits per heavy atom. The van der Waals surface area contributed by atoms with Crippen LogP contribution in [0.1, 0.15) is 6.42 Å². The van der Waals surface area contributed by atoms with E-state index in [1.807, 2.05) is 42.7 Å². The number of hydrogen-bond donors (Lipinski definition) is 1. The Morgan fingerprint density at radius 2 is 1.75 bits per heavy atom. The van der Waals surface area contributed by atoms with Crippen molar-refractivity contribution in [2.24, 2.45) is 0 Å². The molecule has 144 valence electrons. The van der Waals surface area contributed by atoms with Gasteiger partial charge in [-0.2, -0.15) is 4.98 Å². The number of aromatic nitrogens is 4. The lowest BCUT2D eigenvalue weighted by atomic mass is 10.3. The summed E-state index contributed by atoms with van der Waals surface area (Å²) >= 11 is 0. The summed E-state index contributed by atoms with van der Waals surface area (Å²) in [5.74, 6) is 2.56. The Labute approximate surface area is 163 Å². The van der Waals surface area contributed by atoms with Crippen molar-refractivity contribution in [2.75, 3.05) is 54.5 Å². The number of benzene rings is 1. The molecule has 2 fully saturated rings. The number of nitrogens with zero attached hydrogens (tertiary/aromatic N) is 6. The van der Waals surface area contributed by atoms with Gasteiger partial charge in [0, 0.05) is 38.4 Å². The molecule has 2 aliphatic heterocycles. The predicted molar refractivity (Wildman–Crippen MR) is 109 cm³/mol. The summed E-state index contributed by atoms with van der Waals surface area (Å²) < 4.78 is 5.42. The fourth-order valence-electron chi connectivity index (χ4n) is 3.76. The SMILES string of the molecule is c1ccc2nc(N3CCC(Nc4nccc(N5CCOCC5)n4)C3)cnc2c1. The maximum Gasteiger partial charge on any atom is 0.224 e. The van der Waals surface area contributed by atoms with E-state index in [0.29, 0.717) is 5.95 Å². The van der Waals surface area contributed by atoms with Crippen molar-refractivity contribution < 1.29 is 4.74 Å². The molecule has 3 aromatic rings. The highest BCUT2D eigenvalue weighted by molar-refractivity contribution is 5.75. The standard InChI is InChI=1S/C20H23N7O/c1-2-4-17-16(3-1)22-13-19(24-17)27-8-6-15(14-27)23-20-21-7-5-18(25-20)26-9-11-28-12-10-26/h1-5,7,13,15H,6,8-12,14H2,(H,21,23,25). The Morgan fingerprint density at radius 3 is 2.64 bits per heavy atom. The van der Waals surface area contributed by atoms with Gasteiger partial charge >= 0.3 is 0 Å². The van der Waals surface area contributed by atoms with E-state index in [2.05, 4.69) is 25.1 Å². The second-order valence-electron chi connectivity index (χ2n) is 7.13. The number of ether oxygens (including phenoxy) is 1. The molecule has 0 aliphatic carbocycles. The lowest BCUT2D eigenvalue weighted by molar-refractivity contribution is 0.122. The fraction of sp³-hybridized carbons (Fsp3) is 0.400. The van der Waals surface area contributed by atoms with Gasteiger partial charge in [-0.05, 0) is 24.6 Å². The van der Waals surface area contributed by atoms with Gasteiger partial charge in [-0.15, -0.1) is 0 Å². The predicted octanol–water partition coefficient (Wildman–Crippen LogP) is 1.95. The summed E-state index contributed by atoms with van der Waals surface area (Å²) in [5, 5.41) is 3.49. The number of morpholine rings is 1. The molecule has 2 saturated heterocycles. The quantitative estimate of drug-likeness (QED) is 0.739. The summed E-state index contributed by atoms with van der Waals surface area (Å²) in [6, 6.07) is 10.2. The Hall–Kier alpha value is -3.00. The molecule has 1 aromatic carbocycles. The highest BCUT2D eigenvalue weighted by Crippen LogP contribution is 2.22. The molecule has 1 N–H and O–H groups in total. The largest absolute Gasteiger partial charge is 0.378 e. The number of fused-ring (bicyclic) bond motifs is 1. The van der Waals surface area contributed by atoms with Crippen LogP contribution in [0, 0.1) is 0 Å². The van der Waals surface area contributed by atoms with Crippen LogP contribution in [0.5, 0.6) is 0 Å². The van der Waals surface area contributed by atoms with Crippen molar-refractivity contribution in [1.82, 2.24) is 19.9 Å². The molecular weight excluding hydrogens is 354 g/mol. The van der Waals surface area contributed by atoms with Crippen molar-refractivity contribution >= 4 is 28.6 Å². The summed E-state index contributed by atoms with van der Waals surface area (Å²) in [6.45, 7) is 5.03. The van der Waals surface area contributed by atoms with Gasteiger partial charge in [0.15, 0.2) is 0 Å². The van der Waals surface area contributed by atoms with E-state index in [0.717, 1.165) is 68.5 Å². The van der Waals surface area contributed by atoms with Crippen LogP contribution in [0.4, 0.5) is 17.6 Å². The van der Waals surface area contributed by atoms with Crippen LogP contribution in [0.15, 0.2) is 42.7 Å². The van der Waals surface area contributed by atoms with E-state index >= 15 is 0 Å². The first-order chi connectivity index (χ1) is 13.8. The first kappa shape index (κ1) is 17.1. The summed E-state index contributed by atoms with van der Waals surface area (Å²) in [4.78, 5) is 22.9. The maximum absolute atomic E-state index is 5.42. The molecule has 0 bridgehead atoms. The van der Waals surface area contributed by atoms with Crippen molar-refractivity contribution in [1.29, 1.82) is 0 Å². The third-order valence-electron chi connectivity index (χ3n) is 5.26. The van der Waals surface area contributed by atoms with Crippen LogP contribution in [-0.2, 0) is 4.74 Å². The topological polar surface area (TPSA) is 79.3 Å². The van der Waals surface area contributed by atoms with Crippen LogP contribution in [0.2, 0.25) is 0 Å². The zero-order valence-corrected chi connectivity index (χ0v) is 15.7. The molecule has 1 atom stereocenters. The van der Waals surface area contributed by atoms with Gasteiger partial charge in [0.2, 0.25) is 5.95 Å². The molecule has 1 unspecified atom stereocenters. The molecule has 0 spiro atoms. The molecule has 0 amide bonds. The van der Waals surface area contributed by atoms with Gasteiger partial charge in [-0.1, -0.05) is 12.1 Å². The number of hydrogen-bond acceptors (Lipinski definition) is 8. The number of nitrogens with one attached hydrogen (secondary N) is 1. The van der Waals surface area contributed by atoms with E-state index in [1.54, 1.807) is 0 Å².